The number of rotatable bonds is 11. The van der Waals surface area contributed by atoms with E-state index in [1.807, 2.05) is 24.3 Å². The molecule has 1 amide bonds. The number of carbonyl (C=O) groups is 1. The van der Waals surface area contributed by atoms with E-state index in [1.54, 1.807) is 12.3 Å². The summed E-state index contributed by atoms with van der Waals surface area (Å²) in [5, 5.41) is 10.9. The largest absolute Gasteiger partial charge is 0.390 e. The van der Waals surface area contributed by atoms with Crippen molar-refractivity contribution in [1.29, 1.82) is 0 Å². The highest BCUT2D eigenvalue weighted by Crippen LogP contribution is 2.16. The molecule has 0 bridgehead atoms. The summed E-state index contributed by atoms with van der Waals surface area (Å²) in [6.45, 7) is 4.33. The molecule has 7 heteroatoms. The van der Waals surface area contributed by atoms with Crippen LogP contribution in [-0.4, -0.2) is 39.6 Å². The van der Waals surface area contributed by atoms with Gasteiger partial charge in [-0.15, -0.1) is 0 Å². The Labute approximate surface area is 223 Å². The number of nitrogens with zero attached hydrogens (tertiary/aromatic N) is 2. The monoisotopic (exact) mass is 519 g/mol. The van der Waals surface area contributed by atoms with Crippen LogP contribution in [0.1, 0.15) is 65.7 Å². The first-order valence-electron chi connectivity index (χ1n) is 13.0. The van der Waals surface area contributed by atoms with E-state index in [1.165, 1.54) is 23.2 Å². The number of pyridine rings is 1. The molecule has 1 aromatic heterocycles. The van der Waals surface area contributed by atoms with Gasteiger partial charge in [-0.2, -0.15) is 0 Å². The van der Waals surface area contributed by atoms with Crippen LogP contribution in [0.4, 0.5) is 8.78 Å². The summed E-state index contributed by atoms with van der Waals surface area (Å²) in [5.41, 5.74) is 9.59. The summed E-state index contributed by atoms with van der Waals surface area (Å²) < 4.78 is 27.2. The third-order valence-electron chi connectivity index (χ3n) is 6.23. The summed E-state index contributed by atoms with van der Waals surface area (Å²) >= 11 is 0. The molecule has 0 aliphatic heterocycles. The highest BCUT2D eigenvalue weighted by Gasteiger charge is 2.24. The Kier molecular flexibility index (Phi) is 11.0. The maximum Gasteiger partial charge on any atom is 0.255 e. The van der Waals surface area contributed by atoms with E-state index in [4.69, 9.17) is 5.73 Å². The van der Waals surface area contributed by atoms with Crippen molar-refractivity contribution in [3.8, 4) is 11.8 Å². The topological polar surface area (TPSA) is 79.5 Å². The van der Waals surface area contributed by atoms with E-state index in [0.717, 1.165) is 42.9 Å². The quantitative estimate of drug-likeness (QED) is 0.275. The maximum atomic E-state index is 13.6. The van der Waals surface area contributed by atoms with E-state index in [-0.39, 0.29) is 25.4 Å². The maximum absolute atomic E-state index is 13.6. The standard InChI is InChI=1S/C31H35F2N3O2/c1-3-5-6-7-9-23-13-26(19-35-18-23)31(38)36(20-24-11-8-10-22(4-2)12-24)21-30(37)29(34)16-25-14-27(32)17-28(33)15-25/h8,10-15,17-19,29-30,37H,3-6,16,20-21,34H2,1-2H3/t29-,30+/m0/s1. The van der Waals surface area contributed by atoms with Gasteiger partial charge in [0, 0.05) is 49.6 Å². The van der Waals surface area contributed by atoms with Crippen molar-refractivity contribution < 1.29 is 18.7 Å². The van der Waals surface area contributed by atoms with E-state index in [0.29, 0.717) is 16.7 Å². The van der Waals surface area contributed by atoms with Gasteiger partial charge in [0.25, 0.3) is 5.91 Å². The second kappa shape index (κ2) is 14.4. The summed E-state index contributed by atoms with van der Waals surface area (Å²) in [6.07, 6.45) is 5.70. The Bertz CT molecular complexity index is 1270. The number of amides is 1. The van der Waals surface area contributed by atoms with Crippen LogP contribution >= 0.6 is 0 Å². The average molecular weight is 520 g/mol. The fourth-order valence-corrected chi connectivity index (χ4v) is 4.12. The zero-order valence-corrected chi connectivity index (χ0v) is 22.0. The SMILES string of the molecule is CCCCC#Cc1cncc(C(=O)N(Cc2cccc(CC)c2)C[C@@H](O)[C@@H](N)Cc2cc(F)cc(F)c2)c1. The number of aliphatic hydroxyl groups is 1. The predicted octanol–water partition coefficient (Wildman–Crippen LogP) is 5.04. The van der Waals surface area contributed by atoms with Gasteiger partial charge in [-0.3, -0.25) is 9.78 Å². The molecule has 5 nitrogen and oxygen atoms in total. The van der Waals surface area contributed by atoms with Gasteiger partial charge in [-0.05, 0) is 54.2 Å². The van der Waals surface area contributed by atoms with Crippen molar-refractivity contribution in [2.75, 3.05) is 6.54 Å². The molecule has 0 unspecified atom stereocenters. The second-order valence-electron chi connectivity index (χ2n) is 9.44. The third kappa shape index (κ3) is 8.76. The Morgan fingerprint density at radius 2 is 1.79 bits per heavy atom. The molecule has 0 aliphatic carbocycles. The normalized spacial score (nSPS) is 12.4. The van der Waals surface area contributed by atoms with Crippen LogP contribution in [0.5, 0.6) is 0 Å². The lowest BCUT2D eigenvalue weighted by atomic mass is 10.0. The molecular formula is C31H35F2N3O2. The summed E-state index contributed by atoms with van der Waals surface area (Å²) in [6, 6.07) is 11.9. The van der Waals surface area contributed by atoms with Gasteiger partial charge in [0.15, 0.2) is 0 Å². The van der Waals surface area contributed by atoms with E-state index in [2.05, 4.69) is 30.7 Å². The lowest BCUT2D eigenvalue weighted by Crippen LogP contribution is -2.46. The van der Waals surface area contributed by atoms with Crippen LogP contribution in [0.3, 0.4) is 0 Å². The second-order valence-corrected chi connectivity index (χ2v) is 9.44. The first kappa shape index (κ1) is 29.0. The minimum atomic E-state index is -1.13. The van der Waals surface area contributed by atoms with Crippen LogP contribution in [0.25, 0.3) is 0 Å². The minimum Gasteiger partial charge on any atom is -0.390 e. The van der Waals surface area contributed by atoms with Crippen molar-refractivity contribution in [2.45, 2.75) is 64.6 Å². The van der Waals surface area contributed by atoms with Crippen molar-refractivity contribution in [3.05, 3.63) is 100 Å². The lowest BCUT2D eigenvalue weighted by Gasteiger charge is -2.28. The van der Waals surface area contributed by atoms with Crippen molar-refractivity contribution in [2.24, 2.45) is 5.73 Å². The molecule has 3 rings (SSSR count). The van der Waals surface area contributed by atoms with Gasteiger partial charge in [-0.1, -0.05) is 56.4 Å². The third-order valence-corrected chi connectivity index (χ3v) is 6.23. The zero-order valence-electron chi connectivity index (χ0n) is 22.0. The molecule has 0 saturated heterocycles. The number of nitrogens with two attached hydrogens (primary N) is 1. The number of unbranched alkanes of at least 4 members (excludes halogenated alkanes) is 2. The molecule has 0 saturated carbocycles. The number of halogens is 2. The number of benzene rings is 2. The van der Waals surface area contributed by atoms with Crippen LogP contribution in [0.2, 0.25) is 0 Å². The molecule has 1 heterocycles. The number of aliphatic hydroxyl groups excluding tert-OH is 1. The van der Waals surface area contributed by atoms with Gasteiger partial charge in [0.1, 0.15) is 11.6 Å². The Morgan fingerprint density at radius 3 is 2.50 bits per heavy atom. The van der Waals surface area contributed by atoms with Crippen molar-refractivity contribution in [3.63, 3.8) is 0 Å². The van der Waals surface area contributed by atoms with Crippen LogP contribution in [0, 0.1) is 23.5 Å². The summed E-state index contributed by atoms with van der Waals surface area (Å²) in [4.78, 5) is 19.3. The lowest BCUT2D eigenvalue weighted by molar-refractivity contribution is 0.0554. The van der Waals surface area contributed by atoms with Crippen molar-refractivity contribution in [1.82, 2.24) is 9.88 Å². The molecular weight excluding hydrogens is 484 g/mol. The molecule has 0 fully saturated rings. The van der Waals surface area contributed by atoms with Crippen molar-refractivity contribution >= 4 is 5.91 Å². The van der Waals surface area contributed by atoms with Crippen LogP contribution in [0.15, 0.2) is 60.9 Å². The molecule has 3 N–H and O–H groups in total. The number of aromatic nitrogens is 1. The van der Waals surface area contributed by atoms with Crippen LogP contribution in [-0.2, 0) is 19.4 Å². The minimum absolute atomic E-state index is 0.0492. The highest BCUT2D eigenvalue weighted by atomic mass is 19.1. The summed E-state index contributed by atoms with van der Waals surface area (Å²) in [7, 11) is 0. The molecule has 3 aromatic rings. The molecule has 2 aromatic carbocycles. The number of carbonyl (C=O) groups excluding carboxylic acids is 1. The smallest absolute Gasteiger partial charge is 0.255 e. The van der Waals surface area contributed by atoms with E-state index in [9.17, 15) is 18.7 Å². The predicted molar refractivity (Wildman–Crippen MR) is 145 cm³/mol. The van der Waals surface area contributed by atoms with Crippen LogP contribution < -0.4 is 5.73 Å². The van der Waals surface area contributed by atoms with Gasteiger partial charge in [-0.25, -0.2) is 8.78 Å². The number of hydrogen-bond donors (Lipinski definition) is 2. The molecule has 0 radical (unpaired) electrons. The Morgan fingerprint density at radius 1 is 1.05 bits per heavy atom. The van der Waals surface area contributed by atoms with E-state index < -0.39 is 23.8 Å². The summed E-state index contributed by atoms with van der Waals surface area (Å²) in [5.74, 6) is 4.43. The fourth-order valence-electron chi connectivity index (χ4n) is 4.12. The first-order chi connectivity index (χ1) is 18.3. The Balaban J connectivity index is 1.82. The van der Waals surface area contributed by atoms with E-state index >= 15 is 0 Å². The van der Waals surface area contributed by atoms with Gasteiger partial charge >= 0.3 is 0 Å². The van der Waals surface area contributed by atoms with Gasteiger partial charge < -0.3 is 15.7 Å². The van der Waals surface area contributed by atoms with Gasteiger partial charge in [0.2, 0.25) is 0 Å². The van der Waals surface area contributed by atoms with Gasteiger partial charge in [0.05, 0.1) is 11.7 Å². The number of aryl methyl sites for hydroxylation is 1. The highest BCUT2D eigenvalue weighted by molar-refractivity contribution is 5.94. The molecule has 2 atom stereocenters. The fraction of sp³-hybridized carbons (Fsp3) is 0.355. The zero-order chi connectivity index (χ0) is 27.5. The molecule has 0 spiro atoms. The molecule has 200 valence electrons. The first-order valence-corrected chi connectivity index (χ1v) is 13.0. The molecule has 38 heavy (non-hydrogen) atoms. The molecule has 0 aliphatic rings. The average Bonchev–Trinajstić information content (AvgIpc) is 2.90. The number of hydrogen-bond acceptors (Lipinski definition) is 4. The Hall–Kier alpha value is -3.60.